The molecule has 0 saturated carbocycles. The van der Waals surface area contributed by atoms with Crippen LogP contribution in [0.25, 0.3) is 0 Å². The van der Waals surface area contributed by atoms with Crippen LogP contribution in [0.2, 0.25) is 0 Å². The molecule has 0 spiro atoms. The van der Waals surface area contributed by atoms with Gasteiger partial charge in [-0.1, -0.05) is 37.7 Å². The lowest BCUT2D eigenvalue weighted by atomic mass is 10.1. The van der Waals surface area contributed by atoms with Crippen molar-refractivity contribution >= 4 is 23.5 Å². The second-order valence-electron chi connectivity index (χ2n) is 9.12. The van der Waals surface area contributed by atoms with Crippen LogP contribution in [0.1, 0.15) is 53.4 Å². The number of hydrogen-bond acceptors (Lipinski definition) is 6. The predicted molar refractivity (Wildman–Crippen MR) is 138 cm³/mol. The first-order valence-electron chi connectivity index (χ1n) is 11.9. The smallest absolute Gasteiger partial charge is 0.217 e. The molecule has 2 aromatic heterocycles. The molecule has 0 radical (unpaired) electrons. The van der Waals surface area contributed by atoms with Gasteiger partial charge in [-0.25, -0.2) is 0 Å². The maximum atomic E-state index is 13.1. The van der Waals surface area contributed by atoms with Crippen molar-refractivity contribution in [1.29, 1.82) is 0 Å². The molecule has 0 bridgehead atoms. The zero-order valence-corrected chi connectivity index (χ0v) is 22.0. The van der Waals surface area contributed by atoms with Gasteiger partial charge in [-0.05, 0) is 49.9 Å². The number of thioether (sulfide) groups is 1. The van der Waals surface area contributed by atoms with E-state index in [2.05, 4.69) is 40.7 Å². The van der Waals surface area contributed by atoms with Crippen molar-refractivity contribution in [2.45, 2.75) is 65.2 Å². The lowest BCUT2D eigenvalue weighted by molar-refractivity contribution is -0.118. The van der Waals surface area contributed by atoms with Gasteiger partial charge < -0.3 is 19.6 Å². The molecule has 2 N–H and O–H groups in total. The summed E-state index contributed by atoms with van der Waals surface area (Å²) in [5.41, 5.74) is 9.32. The number of nitrogens with two attached hydrogens (primary N) is 1. The zero-order valence-electron chi connectivity index (χ0n) is 21.2. The van der Waals surface area contributed by atoms with E-state index in [9.17, 15) is 9.59 Å². The molecule has 1 amide bonds. The van der Waals surface area contributed by atoms with Gasteiger partial charge in [0.1, 0.15) is 11.6 Å². The SMILES string of the molecule is COc1ccc(CCn2c(C)cc(C(=O)CSc3nnc(CCC(N)=O)n3CC(C)C)c2C)cc1. The highest BCUT2D eigenvalue weighted by atomic mass is 32.2. The van der Waals surface area contributed by atoms with Crippen LogP contribution in [0, 0.1) is 19.8 Å². The minimum absolute atomic E-state index is 0.0663. The molecule has 35 heavy (non-hydrogen) atoms. The van der Waals surface area contributed by atoms with Crippen molar-refractivity contribution in [2.24, 2.45) is 11.7 Å². The summed E-state index contributed by atoms with van der Waals surface area (Å²) in [5.74, 6) is 1.92. The van der Waals surface area contributed by atoms with E-state index in [1.54, 1.807) is 7.11 Å². The van der Waals surface area contributed by atoms with Gasteiger partial charge in [-0.15, -0.1) is 10.2 Å². The Balaban J connectivity index is 1.67. The number of carbonyl (C=O) groups excluding carboxylic acids is 2. The number of hydrogen-bond donors (Lipinski definition) is 1. The molecule has 3 aromatic rings. The van der Waals surface area contributed by atoms with Gasteiger partial charge in [0.2, 0.25) is 5.91 Å². The largest absolute Gasteiger partial charge is 0.497 e. The molecule has 0 aliphatic heterocycles. The third-order valence-electron chi connectivity index (χ3n) is 5.93. The number of ether oxygens (including phenoxy) is 1. The summed E-state index contributed by atoms with van der Waals surface area (Å²) < 4.78 is 9.43. The third-order valence-corrected chi connectivity index (χ3v) is 6.89. The van der Waals surface area contributed by atoms with Crippen molar-refractivity contribution in [3.05, 3.63) is 58.7 Å². The van der Waals surface area contributed by atoms with Crippen molar-refractivity contribution < 1.29 is 14.3 Å². The quantitative estimate of drug-likeness (QED) is 0.283. The van der Waals surface area contributed by atoms with Crippen LogP contribution < -0.4 is 10.5 Å². The first-order chi connectivity index (χ1) is 16.7. The predicted octanol–water partition coefficient (Wildman–Crippen LogP) is 4.00. The number of aryl methyl sites for hydroxylation is 3. The van der Waals surface area contributed by atoms with E-state index in [-0.39, 0.29) is 23.9 Å². The van der Waals surface area contributed by atoms with Crippen LogP contribution in [0.15, 0.2) is 35.5 Å². The highest BCUT2D eigenvalue weighted by Gasteiger charge is 2.19. The van der Waals surface area contributed by atoms with Crippen LogP contribution in [0.4, 0.5) is 0 Å². The first kappa shape index (κ1) is 26.5. The monoisotopic (exact) mass is 497 g/mol. The Labute approximate surface area is 211 Å². The normalized spacial score (nSPS) is 11.3. The molecular weight excluding hydrogens is 462 g/mol. The molecule has 9 heteroatoms. The second-order valence-corrected chi connectivity index (χ2v) is 10.1. The van der Waals surface area contributed by atoms with E-state index in [4.69, 9.17) is 10.5 Å². The number of rotatable bonds is 13. The Morgan fingerprint density at radius 2 is 1.80 bits per heavy atom. The maximum Gasteiger partial charge on any atom is 0.217 e. The van der Waals surface area contributed by atoms with E-state index >= 15 is 0 Å². The molecule has 8 nitrogen and oxygen atoms in total. The van der Waals surface area contributed by atoms with Gasteiger partial charge in [0, 0.05) is 42.9 Å². The van der Waals surface area contributed by atoms with Crippen molar-refractivity contribution in [2.75, 3.05) is 12.9 Å². The molecule has 3 rings (SSSR count). The van der Waals surface area contributed by atoms with Crippen molar-refractivity contribution in [3.63, 3.8) is 0 Å². The Morgan fingerprint density at radius 3 is 2.43 bits per heavy atom. The molecular formula is C26H35N5O3S. The molecule has 0 unspecified atom stereocenters. The summed E-state index contributed by atoms with van der Waals surface area (Å²) in [7, 11) is 1.66. The topological polar surface area (TPSA) is 105 Å². The standard InChI is InChI=1S/C26H35N5O3S/c1-17(2)15-31-25(11-10-24(27)33)28-29-26(31)35-16-23(32)22-14-18(3)30(19(22)4)13-12-20-6-8-21(34-5)9-7-20/h6-9,14,17H,10-13,15-16H2,1-5H3,(H2,27,33). The number of aromatic nitrogens is 4. The van der Waals surface area contributed by atoms with Crippen LogP contribution >= 0.6 is 11.8 Å². The lowest BCUT2D eigenvalue weighted by Gasteiger charge is -2.12. The molecule has 2 heterocycles. The van der Waals surface area contributed by atoms with E-state index in [0.29, 0.717) is 17.5 Å². The summed E-state index contributed by atoms with van der Waals surface area (Å²) >= 11 is 1.39. The number of Topliss-reactive ketones (excluding diaryl/α,β-unsaturated/α-hetero) is 1. The molecule has 0 aliphatic carbocycles. The molecule has 0 atom stereocenters. The Morgan fingerprint density at radius 1 is 1.09 bits per heavy atom. The van der Waals surface area contributed by atoms with Gasteiger partial charge in [0.25, 0.3) is 0 Å². The van der Waals surface area contributed by atoms with Crippen molar-refractivity contribution in [1.82, 2.24) is 19.3 Å². The van der Waals surface area contributed by atoms with Crippen molar-refractivity contribution in [3.8, 4) is 5.75 Å². The molecule has 1 aromatic carbocycles. The summed E-state index contributed by atoms with van der Waals surface area (Å²) in [6.07, 6.45) is 1.54. The van der Waals surface area contributed by atoms with Crippen LogP contribution in [0.3, 0.4) is 0 Å². The average Bonchev–Trinajstić information content (AvgIpc) is 3.33. The number of benzene rings is 1. The van der Waals surface area contributed by atoms with E-state index in [1.807, 2.05) is 36.6 Å². The summed E-state index contributed by atoms with van der Waals surface area (Å²) in [5, 5.41) is 9.24. The first-order valence-corrected chi connectivity index (χ1v) is 12.8. The van der Waals surface area contributed by atoms with Crippen LogP contribution in [-0.2, 0) is 30.7 Å². The summed E-state index contributed by atoms with van der Waals surface area (Å²) in [6.45, 7) is 9.78. The Bertz CT molecular complexity index is 1160. The lowest BCUT2D eigenvalue weighted by Crippen LogP contribution is -2.15. The number of nitrogens with zero attached hydrogens (tertiary/aromatic N) is 4. The fourth-order valence-electron chi connectivity index (χ4n) is 4.06. The summed E-state index contributed by atoms with van der Waals surface area (Å²) in [6, 6.07) is 10.0. The minimum Gasteiger partial charge on any atom is -0.497 e. The zero-order chi connectivity index (χ0) is 25.5. The van der Waals surface area contributed by atoms with Crippen LogP contribution in [0.5, 0.6) is 5.75 Å². The van der Waals surface area contributed by atoms with E-state index in [0.717, 1.165) is 48.0 Å². The number of primary amides is 1. The molecule has 0 saturated heterocycles. The Kier molecular flexibility index (Phi) is 9.14. The van der Waals surface area contributed by atoms with Gasteiger partial charge in [-0.2, -0.15) is 0 Å². The number of amides is 1. The minimum atomic E-state index is -0.365. The van der Waals surface area contributed by atoms with Crippen LogP contribution in [-0.4, -0.2) is 43.9 Å². The molecule has 188 valence electrons. The van der Waals surface area contributed by atoms with E-state index < -0.39 is 0 Å². The van der Waals surface area contributed by atoms with Gasteiger partial charge in [-0.3, -0.25) is 9.59 Å². The third kappa shape index (κ3) is 6.97. The second kappa shape index (κ2) is 12.1. The van der Waals surface area contributed by atoms with E-state index in [1.165, 1.54) is 17.3 Å². The maximum absolute atomic E-state index is 13.1. The average molecular weight is 498 g/mol. The fraction of sp³-hybridized carbons (Fsp3) is 0.462. The van der Waals surface area contributed by atoms with Gasteiger partial charge in [0.05, 0.1) is 12.9 Å². The molecule has 0 aliphatic rings. The highest BCUT2D eigenvalue weighted by molar-refractivity contribution is 7.99. The summed E-state index contributed by atoms with van der Waals surface area (Å²) in [4.78, 5) is 24.3. The highest BCUT2D eigenvalue weighted by Crippen LogP contribution is 2.23. The van der Waals surface area contributed by atoms with Gasteiger partial charge >= 0.3 is 0 Å². The number of methoxy groups -OCH3 is 1. The number of ketones is 1. The Hall–Kier alpha value is -3.07. The molecule has 0 fully saturated rings. The number of carbonyl (C=O) groups is 2. The van der Waals surface area contributed by atoms with Gasteiger partial charge in [0.15, 0.2) is 10.9 Å². The fourth-order valence-corrected chi connectivity index (χ4v) is 4.91.